The van der Waals surface area contributed by atoms with Crippen molar-refractivity contribution in [1.82, 2.24) is 0 Å². The predicted octanol–water partition coefficient (Wildman–Crippen LogP) is 10.3. The van der Waals surface area contributed by atoms with Crippen molar-refractivity contribution >= 4 is 19.8 Å². The van der Waals surface area contributed by atoms with Gasteiger partial charge in [-0.15, -0.1) is 0 Å². The van der Waals surface area contributed by atoms with Gasteiger partial charge in [0.25, 0.3) is 0 Å². The van der Waals surface area contributed by atoms with E-state index in [1.165, 1.54) is 19.3 Å². The summed E-state index contributed by atoms with van der Waals surface area (Å²) in [6.45, 7) is 3.28. The van der Waals surface area contributed by atoms with Crippen molar-refractivity contribution < 1.29 is 48.2 Å². The third kappa shape index (κ3) is 40.3. The number of aliphatic hydroxyl groups is 2. The molecule has 0 spiro atoms. The van der Waals surface area contributed by atoms with Crippen LogP contribution in [0.3, 0.4) is 0 Å². The van der Waals surface area contributed by atoms with Crippen molar-refractivity contribution in [3.05, 3.63) is 109 Å². The number of carbonyl (C=O) groups is 2. The first-order chi connectivity index (χ1) is 27.1. The molecule has 0 aliphatic carbocycles. The van der Waals surface area contributed by atoms with E-state index < -0.39 is 44.7 Å². The second-order valence-corrected chi connectivity index (χ2v) is 14.5. The molecule has 11 heteroatoms. The molecule has 0 aromatic rings. The van der Waals surface area contributed by atoms with Gasteiger partial charge in [-0.1, -0.05) is 149 Å². The first-order valence-electron chi connectivity index (χ1n) is 20.4. The van der Waals surface area contributed by atoms with Crippen LogP contribution in [0.1, 0.15) is 129 Å². The van der Waals surface area contributed by atoms with Crippen molar-refractivity contribution in [3.63, 3.8) is 0 Å². The first-order valence-corrected chi connectivity index (χ1v) is 21.9. The SMILES string of the molecule is CC/C=C\C[C@@H](O)/C=C/C=C\C=C\[C@@H](O)C/C=C\C/C=C\CCC(=O)OC[C@H](COP(=O)(O)O)OC(=O)CCCCCC/C=C\C/C=C\C/C=C\CCCCC. The summed E-state index contributed by atoms with van der Waals surface area (Å²) in [7, 11) is -4.81. The van der Waals surface area contributed by atoms with Crippen LogP contribution in [0.4, 0.5) is 0 Å². The standard InChI is InChI=1S/C45H71O10P/c1-3-5-7-8-9-10-11-12-13-14-15-16-17-18-19-24-32-38-45(49)55-43(40-54-56(50,51)52)39-53-44(48)37-31-23-21-20-22-28-34-42(47)36-30-26-25-29-35-41(46)33-27-6-4-2/h6,9-10,12-13,15-16,21-23,25-30,35-36,41-43,46-47H,3-5,7-8,11,14,17-20,24,31-34,37-40H2,1-2H3,(H2,50,51,52)/b10-9-,13-12-,16-15-,23-21-,26-25-,27-6-,28-22-,35-29+,36-30+/t41-,42+,43-/m1/s1. The van der Waals surface area contributed by atoms with E-state index in [4.69, 9.17) is 19.3 Å². The highest BCUT2D eigenvalue weighted by atomic mass is 31.2. The Bertz CT molecular complexity index is 1300. The Hall–Kier alpha value is -3.37. The summed E-state index contributed by atoms with van der Waals surface area (Å²) in [6, 6.07) is 0. The molecule has 0 rings (SSSR count). The number of carbonyl (C=O) groups excluding carboxylic acids is 2. The molecule has 0 saturated heterocycles. The summed E-state index contributed by atoms with van der Waals surface area (Å²) in [5.74, 6) is -1.09. The minimum Gasteiger partial charge on any atom is -0.462 e. The van der Waals surface area contributed by atoms with E-state index in [0.717, 1.165) is 51.4 Å². The van der Waals surface area contributed by atoms with Gasteiger partial charge in [0, 0.05) is 12.8 Å². The zero-order valence-electron chi connectivity index (χ0n) is 34.0. The van der Waals surface area contributed by atoms with E-state index in [1.807, 2.05) is 43.4 Å². The van der Waals surface area contributed by atoms with Gasteiger partial charge in [-0.2, -0.15) is 0 Å². The molecule has 316 valence electrons. The number of aliphatic hydroxyl groups excluding tert-OH is 2. The van der Waals surface area contributed by atoms with Crippen LogP contribution in [0.2, 0.25) is 0 Å². The van der Waals surface area contributed by atoms with Crippen LogP contribution < -0.4 is 0 Å². The summed E-state index contributed by atoms with van der Waals surface area (Å²) in [6.07, 6.45) is 47.4. The normalized spacial score (nSPS) is 14.8. The summed E-state index contributed by atoms with van der Waals surface area (Å²) in [4.78, 5) is 42.8. The highest BCUT2D eigenvalue weighted by Gasteiger charge is 2.22. The van der Waals surface area contributed by atoms with E-state index in [-0.39, 0.29) is 19.4 Å². The molecule has 0 heterocycles. The topological polar surface area (TPSA) is 160 Å². The Morgan fingerprint density at radius 1 is 0.571 bits per heavy atom. The number of esters is 2. The lowest BCUT2D eigenvalue weighted by Gasteiger charge is -2.18. The van der Waals surface area contributed by atoms with Crippen molar-refractivity contribution in [2.75, 3.05) is 13.2 Å². The number of hydrogen-bond acceptors (Lipinski definition) is 8. The molecular formula is C45H71O10P. The van der Waals surface area contributed by atoms with Crippen LogP contribution in [-0.4, -0.2) is 63.5 Å². The molecule has 0 aliphatic rings. The van der Waals surface area contributed by atoms with Gasteiger partial charge in [-0.05, 0) is 77.0 Å². The molecule has 0 amide bonds. The number of allylic oxidation sites excluding steroid dienone is 14. The number of ether oxygens (including phenoxy) is 2. The minimum absolute atomic E-state index is 0.0735. The quantitative estimate of drug-likeness (QED) is 0.0160. The highest BCUT2D eigenvalue weighted by molar-refractivity contribution is 7.46. The van der Waals surface area contributed by atoms with E-state index in [0.29, 0.717) is 32.1 Å². The lowest BCUT2D eigenvalue weighted by atomic mass is 10.1. The van der Waals surface area contributed by atoms with Gasteiger partial charge in [0.05, 0.1) is 18.8 Å². The molecule has 0 aliphatic heterocycles. The van der Waals surface area contributed by atoms with Gasteiger partial charge in [-0.3, -0.25) is 14.1 Å². The average Bonchev–Trinajstić information content (AvgIpc) is 3.16. The zero-order valence-corrected chi connectivity index (χ0v) is 34.8. The number of phosphoric ester groups is 1. The maximum Gasteiger partial charge on any atom is 0.469 e. The maximum absolute atomic E-state index is 12.4. The van der Waals surface area contributed by atoms with Crippen LogP contribution in [0.5, 0.6) is 0 Å². The fourth-order valence-electron chi connectivity index (χ4n) is 4.87. The van der Waals surface area contributed by atoms with E-state index >= 15 is 0 Å². The summed E-state index contributed by atoms with van der Waals surface area (Å²) < 4.78 is 26.2. The Morgan fingerprint density at radius 3 is 1.66 bits per heavy atom. The molecule has 4 N–H and O–H groups in total. The molecule has 0 aromatic carbocycles. The van der Waals surface area contributed by atoms with Gasteiger partial charge >= 0.3 is 19.8 Å². The van der Waals surface area contributed by atoms with Gasteiger partial charge < -0.3 is 29.5 Å². The summed E-state index contributed by atoms with van der Waals surface area (Å²) >= 11 is 0. The molecule has 0 aromatic heterocycles. The van der Waals surface area contributed by atoms with Crippen molar-refractivity contribution in [1.29, 1.82) is 0 Å². The monoisotopic (exact) mass is 802 g/mol. The molecule has 0 unspecified atom stereocenters. The maximum atomic E-state index is 12.4. The van der Waals surface area contributed by atoms with Crippen molar-refractivity contribution in [2.45, 2.75) is 148 Å². The van der Waals surface area contributed by atoms with Gasteiger partial charge in [0.1, 0.15) is 6.61 Å². The summed E-state index contributed by atoms with van der Waals surface area (Å²) in [5, 5.41) is 19.9. The average molecular weight is 803 g/mol. The minimum atomic E-state index is -4.81. The van der Waals surface area contributed by atoms with Crippen LogP contribution in [0, 0.1) is 0 Å². The fourth-order valence-corrected chi connectivity index (χ4v) is 5.23. The Labute approximate surface area is 337 Å². The zero-order chi connectivity index (χ0) is 41.4. The van der Waals surface area contributed by atoms with Gasteiger partial charge in [-0.25, -0.2) is 4.57 Å². The first kappa shape index (κ1) is 52.6. The van der Waals surface area contributed by atoms with Crippen molar-refractivity contribution in [3.8, 4) is 0 Å². The molecule has 0 radical (unpaired) electrons. The molecule has 10 nitrogen and oxygen atoms in total. The van der Waals surface area contributed by atoms with Crippen LogP contribution in [0.25, 0.3) is 0 Å². The Kier molecular flexibility index (Phi) is 36.2. The number of hydrogen-bond donors (Lipinski definition) is 4. The van der Waals surface area contributed by atoms with Gasteiger partial charge in [0.15, 0.2) is 6.10 Å². The van der Waals surface area contributed by atoms with E-state index in [1.54, 1.807) is 36.5 Å². The molecule has 56 heavy (non-hydrogen) atoms. The number of unbranched alkanes of at least 4 members (excludes halogenated alkanes) is 7. The third-order valence-corrected chi connectivity index (χ3v) is 8.44. The molecule has 0 fully saturated rings. The summed E-state index contributed by atoms with van der Waals surface area (Å²) in [5.41, 5.74) is 0. The second-order valence-electron chi connectivity index (χ2n) is 13.3. The van der Waals surface area contributed by atoms with E-state index in [9.17, 15) is 24.4 Å². The lowest BCUT2D eigenvalue weighted by molar-refractivity contribution is -0.161. The molecule has 0 bridgehead atoms. The van der Waals surface area contributed by atoms with E-state index in [2.05, 4.69) is 47.9 Å². The number of phosphoric acid groups is 1. The second kappa shape index (κ2) is 38.5. The van der Waals surface area contributed by atoms with Crippen LogP contribution in [-0.2, 0) is 28.2 Å². The Balaban J connectivity index is 4.25. The van der Waals surface area contributed by atoms with Crippen LogP contribution in [0.15, 0.2) is 109 Å². The largest absolute Gasteiger partial charge is 0.469 e. The fraction of sp³-hybridized carbons (Fsp3) is 0.556. The predicted molar refractivity (Wildman–Crippen MR) is 228 cm³/mol. The Morgan fingerprint density at radius 2 is 1.09 bits per heavy atom. The highest BCUT2D eigenvalue weighted by Crippen LogP contribution is 2.36. The molecular weight excluding hydrogens is 731 g/mol. The van der Waals surface area contributed by atoms with Crippen LogP contribution >= 0.6 is 7.82 Å². The smallest absolute Gasteiger partial charge is 0.462 e. The molecule has 3 atom stereocenters. The molecule has 0 saturated carbocycles. The number of rotatable bonds is 35. The van der Waals surface area contributed by atoms with Gasteiger partial charge in [0.2, 0.25) is 0 Å². The third-order valence-electron chi connectivity index (χ3n) is 7.96. The lowest BCUT2D eigenvalue weighted by Crippen LogP contribution is -2.29. The van der Waals surface area contributed by atoms with Crippen molar-refractivity contribution in [2.24, 2.45) is 0 Å².